The third-order valence-electron chi connectivity index (χ3n) is 2.01. The first-order valence-electron chi connectivity index (χ1n) is 4.93. The quantitative estimate of drug-likeness (QED) is 0.495. The summed E-state index contributed by atoms with van der Waals surface area (Å²) >= 11 is 0. The van der Waals surface area contributed by atoms with Crippen molar-refractivity contribution in [1.29, 1.82) is 0 Å². The van der Waals surface area contributed by atoms with Crippen LogP contribution in [0.2, 0.25) is 0 Å². The topological polar surface area (TPSA) is 97.7 Å². The average molecular weight is 233 g/mol. The number of ketones is 1. The normalized spacial score (nSPS) is 17.6. The Morgan fingerprint density at radius 3 is 2.06 bits per heavy atom. The van der Waals surface area contributed by atoms with Crippen molar-refractivity contribution in [3.8, 4) is 0 Å². The van der Waals surface area contributed by atoms with Gasteiger partial charge in [0.1, 0.15) is 12.6 Å². The molecule has 0 fully saturated rings. The average Bonchev–Trinajstić information content (AvgIpc) is 1.96. The maximum atomic E-state index is 11.6. The number of hydrogen-bond donors (Lipinski definition) is 2. The highest BCUT2D eigenvalue weighted by molar-refractivity contribution is 5.93. The van der Waals surface area contributed by atoms with Crippen LogP contribution in [0.1, 0.15) is 13.3 Å². The summed E-state index contributed by atoms with van der Waals surface area (Å²) in [6, 6.07) is 0. The van der Waals surface area contributed by atoms with E-state index in [1.54, 1.807) is 21.1 Å². The zero-order valence-electron chi connectivity index (χ0n) is 10.1. The molecular weight excluding hydrogens is 214 g/mol. The van der Waals surface area contributed by atoms with Crippen LogP contribution in [0.15, 0.2) is 0 Å². The number of aliphatic hydroxyl groups is 2. The molecule has 16 heavy (non-hydrogen) atoms. The first-order valence-corrected chi connectivity index (χ1v) is 4.93. The number of Topliss-reactive ketones (excluding diaryl/α,β-unsaturated/α-hetero) is 1. The van der Waals surface area contributed by atoms with Gasteiger partial charge in [-0.05, 0) is 6.92 Å². The number of quaternary nitrogens is 1. The molecule has 0 spiro atoms. The van der Waals surface area contributed by atoms with E-state index in [1.807, 2.05) is 0 Å². The van der Waals surface area contributed by atoms with Gasteiger partial charge >= 0.3 is 0 Å². The largest absolute Gasteiger partial charge is 0.550 e. The second kappa shape index (κ2) is 4.90. The Morgan fingerprint density at radius 2 is 1.81 bits per heavy atom. The van der Waals surface area contributed by atoms with Gasteiger partial charge in [-0.3, -0.25) is 4.79 Å². The number of aliphatic carboxylic acids is 1. The molecular formula is C10H19NO5. The minimum absolute atomic E-state index is 0.106. The molecule has 0 heterocycles. The summed E-state index contributed by atoms with van der Waals surface area (Å²) in [7, 11) is 5.11. The fraction of sp³-hybridized carbons (Fsp3) is 0.800. The number of likely N-dealkylation sites (N-methyl/N-ethyl adjacent to an activating group) is 1. The molecule has 0 aromatic carbocycles. The number of carboxylic acids is 1. The van der Waals surface area contributed by atoms with Gasteiger partial charge in [0.2, 0.25) is 0 Å². The Morgan fingerprint density at radius 1 is 1.38 bits per heavy atom. The highest BCUT2D eigenvalue weighted by atomic mass is 16.4. The van der Waals surface area contributed by atoms with Gasteiger partial charge in [0, 0.05) is 12.4 Å². The van der Waals surface area contributed by atoms with Gasteiger partial charge < -0.3 is 24.6 Å². The number of carboxylic acid groups (broad SMARTS) is 1. The zero-order chi connectivity index (χ0) is 13.1. The molecule has 2 unspecified atom stereocenters. The Kier molecular flexibility index (Phi) is 4.60. The zero-order valence-corrected chi connectivity index (χ0v) is 10.1. The van der Waals surface area contributed by atoms with Gasteiger partial charge in [-0.15, -0.1) is 0 Å². The van der Waals surface area contributed by atoms with Crippen molar-refractivity contribution in [2.45, 2.75) is 25.0 Å². The summed E-state index contributed by atoms with van der Waals surface area (Å²) in [6.45, 7) is 1.09. The maximum Gasteiger partial charge on any atom is 0.198 e. The second-order valence-corrected chi connectivity index (χ2v) is 5.07. The van der Waals surface area contributed by atoms with E-state index in [4.69, 9.17) is 5.11 Å². The molecule has 0 aromatic rings. The summed E-state index contributed by atoms with van der Waals surface area (Å²) in [6.07, 6.45) is -2.22. The molecule has 0 aliphatic rings. The van der Waals surface area contributed by atoms with Gasteiger partial charge in [0.15, 0.2) is 11.4 Å². The Bertz CT molecular complexity index is 281. The molecule has 0 rings (SSSR count). The van der Waals surface area contributed by atoms with E-state index in [2.05, 4.69) is 0 Å². The smallest absolute Gasteiger partial charge is 0.198 e. The van der Waals surface area contributed by atoms with E-state index in [9.17, 15) is 19.8 Å². The number of nitrogens with zero attached hydrogens (tertiary/aromatic N) is 1. The monoisotopic (exact) mass is 233 g/mol. The standard InChI is InChI=1S/C10H19NO5/c1-7(12)9(15)10(16,5-8(13)14)6-11(2,3)4/h7,12,16H,5-6H2,1-4H3. The highest BCUT2D eigenvalue weighted by Crippen LogP contribution is 2.17. The SMILES string of the molecule is CC(O)C(=O)C(O)(CC(=O)[O-])C[N+](C)(C)C. The summed E-state index contributed by atoms with van der Waals surface area (Å²) in [5, 5.41) is 29.7. The summed E-state index contributed by atoms with van der Waals surface area (Å²) in [5.74, 6) is -2.42. The lowest BCUT2D eigenvalue weighted by Gasteiger charge is -2.35. The molecule has 0 bridgehead atoms. The maximum absolute atomic E-state index is 11.6. The van der Waals surface area contributed by atoms with Crippen LogP contribution in [0.4, 0.5) is 0 Å². The summed E-state index contributed by atoms with van der Waals surface area (Å²) < 4.78 is 0.197. The van der Waals surface area contributed by atoms with Crippen molar-refractivity contribution in [3.63, 3.8) is 0 Å². The highest BCUT2D eigenvalue weighted by Gasteiger charge is 2.42. The molecule has 6 heteroatoms. The van der Waals surface area contributed by atoms with Crippen molar-refractivity contribution in [2.24, 2.45) is 0 Å². The van der Waals surface area contributed by atoms with Crippen molar-refractivity contribution in [2.75, 3.05) is 27.7 Å². The molecule has 0 amide bonds. The van der Waals surface area contributed by atoms with Crippen LogP contribution >= 0.6 is 0 Å². The Hall–Kier alpha value is -0.980. The minimum Gasteiger partial charge on any atom is -0.550 e. The van der Waals surface area contributed by atoms with Gasteiger partial charge in [-0.25, -0.2) is 0 Å². The summed E-state index contributed by atoms with van der Waals surface area (Å²) in [5.41, 5.74) is -2.09. The van der Waals surface area contributed by atoms with E-state index in [-0.39, 0.29) is 11.0 Å². The molecule has 6 nitrogen and oxygen atoms in total. The van der Waals surface area contributed by atoms with Crippen LogP contribution in [0.25, 0.3) is 0 Å². The predicted octanol–water partition coefficient (Wildman–Crippen LogP) is -2.49. The van der Waals surface area contributed by atoms with Crippen molar-refractivity contribution in [1.82, 2.24) is 0 Å². The molecule has 2 N–H and O–H groups in total. The molecule has 0 aliphatic heterocycles. The van der Waals surface area contributed by atoms with Crippen LogP contribution in [0, 0.1) is 0 Å². The molecule has 0 saturated carbocycles. The van der Waals surface area contributed by atoms with Crippen molar-refractivity contribution in [3.05, 3.63) is 0 Å². The van der Waals surface area contributed by atoms with Gasteiger partial charge in [-0.1, -0.05) is 0 Å². The first kappa shape index (κ1) is 15.0. The van der Waals surface area contributed by atoms with Crippen molar-refractivity contribution < 1.29 is 29.4 Å². The van der Waals surface area contributed by atoms with Crippen LogP contribution in [0.3, 0.4) is 0 Å². The number of aliphatic hydroxyl groups excluding tert-OH is 1. The molecule has 0 saturated heterocycles. The van der Waals surface area contributed by atoms with Gasteiger partial charge in [-0.2, -0.15) is 0 Å². The van der Waals surface area contributed by atoms with Crippen LogP contribution in [-0.2, 0) is 9.59 Å². The number of carbonyl (C=O) groups is 2. The Labute approximate surface area is 94.7 Å². The van der Waals surface area contributed by atoms with Crippen LogP contribution in [0.5, 0.6) is 0 Å². The van der Waals surface area contributed by atoms with E-state index in [1.165, 1.54) is 6.92 Å². The second-order valence-electron chi connectivity index (χ2n) is 5.07. The minimum atomic E-state index is -2.09. The lowest BCUT2D eigenvalue weighted by atomic mass is 9.90. The van der Waals surface area contributed by atoms with E-state index >= 15 is 0 Å². The molecule has 0 aromatic heterocycles. The number of hydrogen-bond acceptors (Lipinski definition) is 5. The summed E-state index contributed by atoms with van der Waals surface area (Å²) in [4.78, 5) is 22.1. The molecule has 0 radical (unpaired) electrons. The predicted molar refractivity (Wildman–Crippen MR) is 54.2 cm³/mol. The van der Waals surface area contributed by atoms with Crippen LogP contribution < -0.4 is 5.11 Å². The molecule has 2 atom stereocenters. The first-order chi connectivity index (χ1) is 6.98. The lowest BCUT2D eigenvalue weighted by molar-refractivity contribution is -0.875. The molecule has 94 valence electrons. The fourth-order valence-corrected chi connectivity index (χ4v) is 1.63. The third kappa shape index (κ3) is 4.69. The number of rotatable bonds is 6. The van der Waals surface area contributed by atoms with Crippen molar-refractivity contribution >= 4 is 11.8 Å². The van der Waals surface area contributed by atoms with Crippen LogP contribution in [-0.4, -0.2) is 65.8 Å². The van der Waals surface area contributed by atoms with E-state index < -0.39 is 29.9 Å². The van der Waals surface area contributed by atoms with E-state index in [0.717, 1.165) is 0 Å². The fourth-order valence-electron chi connectivity index (χ4n) is 1.63. The van der Waals surface area contributed by atoms with Gasteiger partial charge in [0.25, 0.3) is 0 Å². The third-order valence-corrected chi connectivity index (χ3v) is 2.01. The lowest BCUT2D eigenvalue weighted by Crippen LogP contribution is -2.58. The van der Waals surface area contributed by atoms with E-state index in [0.29, 0.717) is 0 Å². The molecule has 0 aliphatic carbocycles. The number of carbonyl (C=O) groups excluding carboxylic acids is 2. The van der Waals surface area contributed by atoms with Gasteiger partial charge in [0.05, 0.1) is 21.1 Å². The Balaban J connectivity index is 5.03.